The van der Waals surface area contributed by atoms with E-state index in [1.807, 2.05) is 12.3 Å². The van der Waals surface area contributed by atoms with Gasteiger partial charge in [-0.05, 0) is 19.1 Å². The summed E-state index contributed by atoms with van der Waals surface area (Å²) >= 11 is 0. The molecule has 0 atom stereocenters. The molecule has 1 saturated heterocycles. The van der Waals surface area contributed by atoms with Crippen molar-refractivity contribution in [1.82, 2.24) is 14.8 Å². The van der Waals surface area contributed by atoms with Gasteiger partial charge in [-0.15, -0.1) is 0 Å². The molecule has 19 heavy (non-hydrogen) atoms. The maximum Gasteiger partial charge on any atom is 0.0564 e. The second kappa shape index (κ2) is 7.43. The van der Waals surface area contributed by atoms with Crippen LogP contribution in [0.3, 0.4) is 0 Å². The van der Waals surface area contributed by atoms with E-state index in [2.05, 4.69) is 33.1 Å². The van der Waals surface area contributed by atoms with Crippen LogP contribution in [0, 0.1) is 0 Å². The van der Waals surface area contributed by atoms with E-state index in [-0.39, 0.29) is 6.61 Å². The van der Waals surface area contributed by atoms with E-state index in [0.717, 1.165) is 57.2 Å². The highest BCUT2D eigenvalue weighted by Gasteiger charge is 2.16. The van der Waals surface area contributed by atoms with E-state index in [4.69, 9.17) is 5.11 Å². The highest BCUT2D eigenvalue weighted by molar-refractivity contribution is 5.42. The summed E-state index contributed by atoms with van der Waals surface area (Å²) in [4.78, 5) is 9.16. The van der Waals surface area contributed by atoms with Crippen LogP contribution in [0.1, 0.15) is 12.6 Å². The van der Waals surface area contributed by atoms with Gasteiger partial charge in [0.05, 0.1) is 12.3 Å². The molecule has 0 unspecified atom stereocenters. The van der Waals surface area contributed by atoms with Crippen molar-refractivity contribution < 1.29 is 5.11 Å². The molecule has 0 saturated carbocycles. The number of piperazine rings is 1. The van der Waals surface area contributed by atoms with Crippen molar-refractivity contribution in [2.75, 3.05) is 51.2 Å². The maximum absolute atomic E-state index is 8.93. The number of hydrogen-bond donors (Lipinski definition) is 2. The molecule has 0 aromatic carbocycles. The van der Waals surface area contributed by atoms with Crippen molar-refractivity contribution in [1.29, 1.82) is 0 Å². The zero-order chi connectivity index (χ0) is 13.5. The average Bonchev–Trinajstić information content (AvgIpc) is 2.42. The van der Waals surface area contributed by atoms with Crippen LogP contribution in [-0.2, 0) is 6.54 Å². The third kappa shape index (κ3) is 4.45. The second-order valence-electron chi connectivity index (χ2n) is 4.91. The molecule has 1 aliphatic heterocycles. The van der Waals surface area contributed by atoms with Gasteiger partial charge in [-0.1, -0.05) is 0 Å². The summed E-state index contributed by atoms with van der Waals surface area (Å²) < 4.78 is 0. The van der Waals surface area contributed by atoms with Crippen LogP contribution < -0.4 is 5.32 Å². The number of nitrogens with one attached hydrogen (secondary N) is 1. The summed E-state index contributed by atoms with van der Waals surface area (Å²) in [6, 6.07) is 4.13. The summed E-state index contributed by atoms with van der Waals surface area (Å²) in [5, 5.41) is 12.2. The Kier molecular flexibility index (Phi) is 5.57. The van der Waals surface area contributed by atoms with Gasteiger partial charge in [0, 0.05) is 57.7 Å². The molecule has 2 N–H and O–H groups in total. The van der Waals surface area contributed by atoms with E-state index in [1.54, 1.807) is 0 Å². The number of aliphatic hydroxyl groups is 1. The van der Waals surface area contributed by atoms with Gasteiger partial charge in [-0.3, -0.25) is 14.8 Å². The van der Waals surface area contributed by atoms with Crippen molar-refractivity contribution in [2.24, 2.45) is 0 Å². The molecular formula is C14H24N4O. The number of nitrogens with zero attached hydrogens (tertiary/aromatic N) is 3. The first-order valence-electron chi connectivity index (χ1n) is 7.06. The van der Waals surface area contributed by atoms with Gasteiger partial charge in [0.1, 0.15) is 0 Å². The molecule has 2 rings (SSSR count). The SMILES string of the molecule is CCNc1ccnc(CN2CCN(CCO)CC2)c1. The summed E-state index contributed by atoms with van der Waals surface area (Å²) in [6.07, 6.45) is 1.87. The van der Waals surface area contributed by atoms with E-state index < -0.39 is 0 Å². The lowest BCUT2D eigenvalue weighted by Gasteiger charge is -2.34. The Morgan fingerprint density at radius 3 is 2.68 bits per heavy atom. The molecule has 0 radical (unpaired) electrons. The van der Waals surface area contributed by atoms with Crippen LogP contribution in [0.5, 0.6) is 0 Å². The van der Waals surface area contributed by atoms with Crippen molar-refractivity contribution in [3.05, 3.63) is 24.0 Å². The summed E-state index contributed by atoms with van der Waals surface area (Å²) in [6.45, 7) is 9.16. The van der Waals surface area contributed by atoms with Crippen molar-refractivity contribution in [2.45, 2.75) is 13.5 Å². The molecule has 1 fully saturated rings. The summed E-state index contributed by atoms with van der Waals surface area (Å²) in [7, 11) is 0. The van der Waals surface area contributed by atoms with E-state index in [1.165, 1.54) is 0 Å². The Labute approximate surface area is 115 Å². The van der Waals surface area contributed by atoms with Crippen LogP contribution >= 0.6 is 0 Å². The lowest BCUT2D eigenvalue weighted by Crippen LogP contribution is -2.46. The maximum atomic E-state index is 8.93. The molecule has 1 aromatic heterocycles. The molecule has 0 amide bonds. The zero-order valence-electron chi connectivity index (χ0n) is 11.7. The lowest BCUT2D eigenvalue weighted by molar-refractivity contribution is 0.108. The van der Waals surface area contributed by atoms with Gasteiger partial charge in [-0.25, -0.2) is 0 Å². The summed E-state index contributed by atoms with van der Waals surface area (Å²) in [5.41, 5.74) is 2.26. The lowest BCUT2D eigenvalue weighted by atomic mass is 10.2. The van der Waals surface area contributed by atoms with Crippen LogP contribution in [0.4, 0.5) is 5.69 Å². The third-order valence-electron chi connectivity index (χ3n) is 3.46. The molecule has 1 aromatic rings. The first-order chi connectivity index (χ1) is 9.31. The number of pyridine rings is 1. The molecule has 0 spiro atoms. The number of β-amino-alcohol motifs (C(OH)–C–C–N with tert-alkyl or cyclic N) is 1. The molecule has 0 bridgehead atoms. The fraction of sp³-hybridized carbons (Fsp3) is 0.643. The molecule has 0 aliphatic carbocycles. The standard InChI is InChI=1S/C14H24N4O/c1-2-15-13-3-4-16-14(11-13)12-18-7-5-17(6-8-18)9-10-19/h3-4,11,19H,2,5-10,12H2,1H3,(H,15,16). The average molecular weight is 264 g/mol. The van der Waals surface area contributed by atoms with E-state index >= 15 is 0 Å². The van der Waals surface area contributed by atoms with Gasteiger partial charge in [0.25, 0.3) is 0 Å². The predicted octanol–water partition coefficient (Wildman–Crippen LogP) is 0.623. The zero-order valence-corrected chi connectivity index (χ0v) is 11.7. The quantitative estimate of drug-likeness (QED) is 0.789. The van der Waals surface area contributed by atoms with Gasteiger partial charge in [0.15, 0.2) is 0 Å². The van der Waals surface area contributed by atoms with E-state index in [0.29, 0.717) is 0 Å². The molecular weight excluding hydrogens is 240 g/mol. The Morgan fingerprint density at radius 2 is 2.00 bits per heavy atom. The number of aromatic nitrogens is 1. The summed E-state index contributed by atoms with van der Waals surface area (Å²) in [5.74, 6) is 0. The normalized spacial score (nSPS) is 17.6. The number of hydrogen-bond acceptors (Lipinski definition) is 5. The Morgan fingerprint density at radius 1 is 1.26 bits per heavy atom. The molecule has 5 nitrogen and oxygen atoms in total. The third-order valence-corrected chi connectivity index (χ3v) is 3.46. The predicted molar refractivity (Wildman–Crippen MR) is 77.2 cm³/mol. The van der Waals surface area contributed by atoms with Crippen LogP contribution in [0.15, 0.2) is 18.3 Å². The van der Waals surface area contributed by atoms with Crippen molar-refractivity contribution in [3.8, 4) is 0 Å². The van der Waals surface area contributed by atoms with Crippen LogP contribution in [0.25, 0.3) is 0 Å². The highest BCUT2D eigenvalue weighted by atomic mass is 16.3. The number of aliphatic hydroxyl groups excluding tert-OH is 1. The molecule has 106 valence electrons. The number of rotatable bonds is 6. The van der Waals surface area contributed by atoms with Crippen molar-refractivity contribution >= 4 is 5.69 Å². The van der Waals surface area contributed by atoms with E-state index in [9.17, 15) is 0 Å². The molecule has 2 heterocycles. The minimum absolute atomic E-state index is 0.256. The monoisotopic (exact) mass is 264 g/mol. The Balaban J connectivity index is 1.83. The first-order valence-corrected chi connectivity index (χ1v) is 7.06. The van der Waals surface area contributed by atoms with Crippen molar-refractivity contribution in [3.63, 3.8) is 0 Å². The fourth-order valence-corrected chi connectivity index (χ4v) is 2.42. The van der Waals surface area contributed by atoms with Gasteiger partial charge in [-0.2, -0.15) is 0 Å². The second-order valence-corrected chi connectivity index (χ2v) is 4.91. The van der Waals surface area contributed by atoms with Crippen LogP contribution in [0.2, 0.25) is 0 Å². The minimum Gasteiger partial charge on any atom is -0.395 e. The van der Waals surface area contributed by atoms with Gasteiger partial charge >= 0.3 is 0 Å². The van der Waals surface area contributed by atoms with Gasteiger partial charge in [0.2, 0.25) is 0 Å². The fourth-order valence-electron chi connectivity index (χ4n) is 2.42. The van der Waals surface area contributed by atoms with Gasteiger partial charge < -0.3 is 10.4 Å². The topological polar surface area (TPSA) is 51.6 Å². The smallest absolute Gasteiger partial charge is 0.0564 e. The Bertz CT molecular complexity index is 377. The molecule has 1 aliphatic rings. The minimum atomic E-state index is 0.256. The first kappa shape index (κ1) is 14.2. The largest absolute Gasteiger partial charge is 0.395 e. The number of anilines is 1. The molecule has 5 heteroatoms. The highest BCUT2D eigenvalue weighted by Crippen LogP contribution is 2.11. The Hall–Kier alpha value is -1.17. The van der Waals surface area contributed by atoms with Crippen LogP contribution in [-0.4, -0.2) is 65.8 Å².